The van der Waals surface area contributed by atoms with Crippen LogP contribution >= 0.6 is 11.6 Å². The van der Waals surface area contributed by atoms with Crippen molar-refractivity contribution in [2.45, 2.75) is 38.8 Å². The molecule has 2 aliphatic rings. The van der Waals surface area contributed by atoms with Crippen LogP contribution in [0.4, 0.5) is 4.39 Å². The van der Waals surface area contributed by atoms with Gasteiger partial charge in [0.05, 0.1) is 11.4 Å². The number of aromatic nitrogens is 3. The predicted molar refractivity (Wildman–Crippen MR) is 219 cm³/mol. The zero-order chi connectivity index (χ0) is 39.5. The summed E-state index contributed by atoms with van der Waals surface area (Å²) in [5.74, 6) is 1.20. The molecular formula is C44H39BClFN6O4. The zero-order valence-electron chi connectivity index (χ0n) is 31.3. The third-order valence-corrected chi connectivity index (χ3v) is 10.8. The van der Waals surface area contributed by atoms with E-state index in [1.54, 1.807) is 12.1 Å². The predicted octanol–water partition coefficient (Wildman–Crippen LogP) is 6.07. The number of hydrogen-bond donors (Lipinski definition) is 2. The lowest BCUT2D eigenvalue weighted by molar-refractivity contribution is -0.123. The van der Waals surface area contributed by atoms with Crippen LogP contribution in [0.15, 0.2) is 114 Å². The smallest absolute Gasteiger partial charge is 0.304 e. The van der Waals surface area contributed by atoms with Crippen molar-refractivity contribution in [1.29, 1.82) is 0 Å². The Morgan fingerprint density at radius 1 is 0.912 bits per heavy atom. The third kappa shape index (κ3) is 8.23. The highest BCUT2D eigenvalue weighted by molar-refractivity contribution is 6.45. The van der Waals surface area contributed by atoms with E-state index >= 15 is 4.39 Å². The van der Waals surface area contributed by atoms with Crippen LogP contribution in [-0.2, 0) is 17.9 Å². The number of likely N-dealkylation sites (tertiary alicyclic amines) is 1. The van der Waals surface area contributed by atoms with Gasteiger partial charge in [0.1, 0.15) is 23.9 Å². The van der Waals surface area contributed by atoms with E-state index in [9.17, 15) is 14.6 Å². The number of rotatable bonds is 10. The molecule has 0 unspecified atom stereocenters. The molecule has 0 radical (unpaired) electrons. The molecule has 5 aromatic carbocycles. The molecule has 57 heavy (non-hydrogen) atoms. The Labute approximate surface area is 335 Å². The molecule has 1 fully saturated rings. The number of nitrogens with one attached hydrogen (secondary N) is 1. The molecule has 2 amide bonds. The van der Waals surface area contributed by atoms with Crippen molar-refractivity contribution >= 4 is 42.1 Å². The maximum atomic E-state index is 15.2. The maximum absolute atomic E-state index is 15.2. The molecule has 2 N–H and O–H groups in total. The van der Waals surface area contributed by atoms with E-state index < -0.39 is 0 Å². The van der Waals surface area contributed by atoms with E-state index in [1.165, 1.54) is 6.07 Å². The van der Waals surface area contributed by atoms with Gasteiger partial charge in [-0.2, -0.15) is 0 Å². The highest BCUT2D eigenvalue weighted by Gasteiger charge is 2.27. The Bertz CT molecular complexity index is 2500. The third-order valence-electron chi connectivity index (χ3n) is 10.5. The molecule has 2 aliphatic heterocycles. The zero-order valence-corrected chi connectivity index (χ0v) is 32.0. The van der Waals surface area contributed by atoms with Gasteiger partial charge in [0, 0.05) is 41.3 Å². The minimum absolute atomic E-state index is 0.0524. The van der Waals surface area contributed by atoms with Crippen LogP contribution in [0.5, 0.6) is 5.75 Å². The summed E-state index contributed by atoms with van der Waals surface area (Å²) in [5.41, 5.74) is 7.88. The highest BCUT2D eigenvalue weighted by Crippen LogP contribution is 2.32. The number of carbonyl (C=O) groups is 2. The number of amides is 2. The maximum Gasteiger partial charge on any atom is 0.304 e. The van der Waals surface area contributed by atoms with E-state index in [1.807, 2.05) is 107 Å². The van der Waals surface area contributed by atoms with Crippen molar-refractivity contribution in [2.24, 2.45) is 4.99 Å². The van der Waals surface area contributed by atoms with Gasteiger partial charge in [-0.3, -0.25) is 19.1 Å². The average molecular weight is 781 g/mol. The minimum atomic E-state index is -0.323. The summed E-state index contributed by atoms with van der Waals surface area (Å²) >= 11 is 6.17. The molecule has 0 bridgehead atoms. The van der Waals surface area contributed by atoms with Crippen LogP contribution in [0.3, 0.4) is 0 Å². The Kier molecular flexibility index (Phi) is 11.0. The topological polar surface area (TPSA) is 122 Å². The highest BCUT2D eigenvalue weighted by atomic mass is 35.5. The van der Waals surface area contributed by atoms with Gasteiger partial charge < -0.3 is 20.0 Å². The number of halogens is 2. The van der Waals surface area contributed by atoms with E-state index in [-0.39, 0.29) is 44.2 Å². The van der Waals surface area contributed by atoms with Gasteiger partial charge in [0.25, 0.3) is 11.8 Å². The minimum Gasteiger partial charge on any atom is -0.484 e. The number of fused-ring (bicyclic) bond motifs is 3. The lowest BCUT2D eigenvalue weighted by Crippen LogP contribution is -2.38. The van der Waals surface area contributed by atoms with Crippen molar-refractivity contribution in [1.82, 2.24) is 25.0 Å². The Hall–Kier alpha value is -6.11. The summed E-state index contributed by atoms with van der Waals surface area (Å²) in [4.78, 5) is 33.2. The second-order valence-corrected chi connectivity index (χ2v) is 14.7. The molecule has 6 aromatic rings. The van der Waals surface area contributed by atoms with Crippen LogP contribution in [0.25, 0.3) is 16.8 Å². The molecule has 10 nitrogen and oxygen atoms in total. The lowest BCUT2D eigenvalue weighted by atomic mass is 9.86. The van der Waals surface area contributed by atoms with Crippen molar-refractivity contribution in [2.75, 3.05) is 19.7 Å². The van der Waals surface area contributed by atoms with Gasteiger partial charge in [-0.25, -0.2) is 4.39 Å². The van der Waals surface area contributed by atoms with Gasteiger partial charge in [-0.1, -0.05) is 77.7 Å². The fourth-order valence-electron chi connectivity index (χ4n) is 7.57. The number of nitrogens with zero attached hydrogens (tertiary/aromatic N) is 5. The monoisotopic (exact) mass is 780 g/mol. The van der Waals surface area contributed by atoms with Gasteiger partial charge >= 0.3 is 7.48 Å². The van der Waals surface area contributed by atoms with E-state index in [0.717, 1.165) is 56.3 Å². The summed E-state index contributed by atoms with van der Waals surface area (Å²) in [6, 6.07) is 33.1. The van der Waals surface area contributed by atoms with E-state index in [2.05, 4.69) is 15.5 Å². The SMILES string of the molecule is Cc1nnc2n1-c1ccc(OCC(=O)NCc3ccc(F)c(C4CCN(C(=O)c5cccc(-c6cccc(BO)c6)c5)CC4)c3)cc1C(c1ccc(Cl)cc1)=NC2. The Morgan fingerprint density at radius 2 is 1.68 bits per heavy atom. The molecule has 286 valence electrons. The fraction of sp³-hybridized carbons (Fsp3) is 0.205. The molecule has 8 rings (SSSR count). The van der Waals surface area contributed by atoms with Crippen molar-refractivity contribution < 1.29 is 23.7 Å². The number of hydrogen-bond acceptors (Lipinski definition) is 7. The van der Waals surface area contributed by atoms with Crippen LogP contribution in [0, 0.1) is 12.7 Å². The molecule has 13 heteroatoms. The summed E-state index contributed by atoms with van der Waals surface area (Å²) < 4.78 is 23.1. The second-order valence-electron chi connectivity index (χ2n) is 14.3. The first kappa shape index (κ1) is 37.8. The molecule has 3 heterocycles. The standard InChI is InChI=1S/C44H39BClFN6O4/c1-27-50-51-41-25-49-43(30-9-11-35(46)12-10-30)38-23-36(13-15-40(38)53(27)41)57-26-42(54)48-24-28-8-14-39(47)37(20-28)29-16-18-52(19-17-29)44(55)33-6-2-4-31(21-33)32-5-3-7-34(22-32)45-56/h2-15,20-23,29,45,56H,16-19,24-26H2,1H3,(H,48,54). The van der Waals surface area contributed by atoms with Crippen molar-refractivity contribution in [3.05, 3.63) is 160 Å². The first-order chi connectivity index (χ1) is 27.7. The summed E-state index contributed by atoms with van der Waals surface area (Å²) in [7, 11) is -0.0524. The first-order valence-electron chi connectivity index (χ1n) is 18.9. The lowest BCUT2D eigenvalue weighted by Gasteiger charge is -2.32. The second kappa shape index (κ2) is 16.6. The fourth-order valence-corrected chi connectivity index (χ4v) is 7.70. The average Bonchev–Trinajstić information content (AvgIpc) is 3.53. The molecular weight excluding hydrogens is 742 g/mol. The first-order valence-corrected chi connectivity index (χ1v) is 19.3. The largest absolute Gasteiger partial charge is 0.484 e. The number of ether oxygens (including phenoxy) is 1. The summed E-state index contributed by atoms with van der Waals surface area (Å²) in [6.45, 7) is 3.22. The van der Waals surface area contributed by atoms with Crippen molar-refractivity contribution in [3.63, 3.8) is 0 Å². The Morgan fingerprint density at radius 3 is 2.47 bits per heavy atom. The van der Waals surface area contributed by atoms with Crippen LogP contribution in [0.2, 0.25) is 5.02 Å². The van der Waals surface area contributed by atoms with Crippen molar-refractivity contribution in [3.8, 4) is 22.6 Å². The van der Waals surface area contributed by atoms with Gasteiger partial charge in [-0.15, -0.1) is 10.2 Å². The summed E-state index contributed by atoms with van der Waals surface area (Å²) in [5, 5.41) is 21.6. The van der Waals surface area contributed by atoms with Crippen LogP contribution < -0.4 is 15.5 Å². The Balaban J connectivity index is 0.882. The van der Waals surface area contributed by atoms with Crippen LogP contribution in [-0.4, -0.2) is 69.4 Å². The number of aryl methyl sites for hydroxylation is 1. The van der Waals surface area contributed by atoms with E-state index in [0.29, 0.717) is 54.4 Å². The molecule has 0 atom stereocenters. The quantitative estimate of drug-likeness (QED) is 0.163. The van der Waals surface area contributed by atoms with Gasteiger partial charge in [0.15, 0.2) is 12.4 Å². The molecule has 1 saturated heterocycles. The number of piperidine rings is 1. The van der Waals surface area contributed by atoms with Crippen LogP contribution in [0.1, 0.15) is 63.0 Å². The molecule has 0 spiro atoms. The summed E-state index contributed by atoms with van der Waals surface area (Å²) in [6.07, 6.45) is 1.24. The molecule has 0 aliphatic carbocycles. The number of benzene rings is 5. The number of aliphatic imine (C=N–C) groups is 1. The van der Waals surface area contributed by atoms with Gasteiger partial charge in [-0.05, 0) is 96.5 Å². The molecule has 1 aromatic heterocycles. The number of carbonyl (C=O) groups excluding carboxylic acids is 2. The molecule has 0 saturated carbocycles. The normalized spacial score (nSPS) is 13.9. The van der Waals surface area contributed by atoms with E-state index in [4.69, 9.17) is 21.3 Å². The van der Waals surface area contributed by atoms with Gasteiger partial charge in [0.2, 0.25) is 0 Å².